The van der Waals surface area contributed by atoms with Crippen LogP contribution in [0.1, 0.15) is 30.1 Å². The van der Waals surface area contributed by atoms with E-state index in [-0.39, 0.29) is 6.42 Å². The topological polar surface area (TPSA) is 34.1 Å². The van der Waals surface area contributed by atoms with E-state index in [0.29, 0.717) is 24.6 Å². The maximum absolute atomic E-state index is 13.4. The summed E-state index contributed by atoms with van der Waals surface area (Å²) in [6.07, 6.45) is -2.02. The number of hydrogen-bond donors (Lipinski definition) is 0. The molecular formula is C12H11F3O2. The summed E-state index contributed by atoms with van der Waals surface area (Å²) >= 11 is 0. The molecule has 0 saturated heterocycles. The van der Waals surface area contributed by atoms with Crippen LogP contribution in [0.4, 0.5) is 13.2 Å². The molecule has 0 aromatic heterocycles. The Morgan fingerprint density at radius 1 is 1.18 bits per heavy atom. The lowest BCUT2D eigenvalue weighted by atomic mass is 10.0. The zero-order valence-electron chi connectivity index (χ0n) is 9.17. The first-order chi connectivity index (χ1) is 7.95. The molecule has 2 nitrogen and oxygen atoms in total. The van der Waals surface area contributed by atoms with Gasteiger partial charge in [-0.2, -0.15) is 0 Å². The van der Waals surface area contributed by atoms with E-state index >= 15 is 0 Å². The van der Waals surface area contributed by atoms with Crippen molar-refractivity contribution in [3.63, 3.8) is 0 Å². The molecule has 17 heavy (non-hydrogen) atoms. The van der Waals surface area contributed by atoms with Crippen LogP contribution in [0.5, 0.6) is 0 Å². The van der Waals surface area contributed by atoms with E-state index < -0.39 is 34.9 Å². The van der Waals surface area contributed by atoms with E-state index in [1.807, 2.05) is 0 Å². The van der Waals surface area contributed by atoms with Crippen LogP contribution >= 0.6 is 0 Å². The first-order valence-corrected chi connectivity index (χ1v) is 5.12. The lowest BCUT2D eigenvalue weighted by Crippen LogP contribution is -2.25. The predicted octanol–water partition coefficient (Wildman–Crippen LogP) is 2.85. The second kappa shape index (κ2) is 5.61. The molecule has 1 unspecified atom stereocenters. The summed E-state index contributed by atoms with van der Waals surface area (Å²) in [6.45, 7) is 1.66. The molecule has 1 rings (SSSR count). The molecule has 0 fully saturated rings. The van der Waals surface area contributed by atoms with Crippen molar-refractivity contribution in [2.45, 2.75) is 25.9 Å². The summed E-state index contributed by atoms with van der Waals surface area (Å²) in [6, 6.07) is 1.98. The summed E-state index contributed by atoms with van der Waals surface area (Å²) in [5, 5.41) is 0. The second-order valence-corrected chi connectivity index (χ2v) is 3.60. The van der Waals surface area contributed by atoms with Crippen LogP contribution < -0.4 is 0 Å². The minimum Gasteiger partial charge on any atom is -0.296 e. The van der Waals surface area contributed by atoms with E-state index in [0.717, 1.165) is 0 Å². The first-order valence-electron chi connectivity index (χ1n) is 5.12. The van der Waals surface area contributed by atoms with Crippen molar-refractivity contribution in [3.05, 3.63) is 35.4 Å². The zero-order valence-corrected chi connectivity index (χ0v) is 9.17. The van der Waals surface area contributed by atoms with E-state index in [1.54, 1.807) is 6.92 Å². The Balaban J connectivity index is 2.92. The minimum atomic E-state index is -2.35. The summed E-state index contributed by atoms with van der Waals surface area (Å²) in [4.78, 5) is 22.6. The highest BCUT2D eigenvalue weighted by molar-refractivity contribution is 6.13. The molecule has 0 aliphatic heterocycles. The molecular weight excluding hydrogens is 233 g/mol. The smallest absolute Gasteiger partial charge is 0.220 e. The predicted molar refractivity (Wildman–Crippen MR) is 55.5 cm³/mol. The van der Waals surface area contributed by atoms with Gasteiger partial charge in [-0.3, -0.25) is 9.59 Å². The van der Waals surface area contributed by atoms with Crippen LogP contribution in [0.3, 0.4) is 0 Å². The van der Waals surface area contributed by atoms with Crippen LogP contribution in [0.15, 0.2) is 18.2 Å². The monoisotopic (exact) mass is 244 g/mol. The maximum atomic E-state index is 13.4. The third-order valence-corrected chi connectivity index (χ3v) is 2.16. The molecule has 0 aliphatic carbocycles. The molecule has 0 saturated carbocycles. The van der Waals surface area contributed by atoms with Gasteiger partial charge in [-0.1, -0.05) is 6.92 Å². The molecule has 1 atom stereocenters. The Hall–Kier alpha value is -1.65. The van der Waals surface area contributed by atoms with Crippen molar-refractivity contribution < 1.29 is 22.8 Å². The molecule has 0 bridgehead atoms. The fourth-order valence-corrected chi connectivity index (χ4v) is 1.36. The number of halogens is 3. The molecule has 5 heteroatoms. The number of ketones is 2. The van der Waals surface area contributed by atoms with Gasteiger partial charge in [-0.25, -0.2) is 13.2 Å². The van der Waals surface area contributed by atoms with Crippen LogP contribution in [-0.4, -0.2) is 17.7 Å². The van der Waals surface area contributed by atoms with Crippen molar-refractivity contribution in [2.24, 2.45) is 0 Å². The number of alkyl halides is 1. The standard InChI is InChI=1S/C12H11F3O2/c1-2-3-10(16)11(15)12(17)7-4-8(13)6-9(14)5-7/h4-6,11H,2-3H2,1H3. The van der Waals surface area contributed by atoms with Crippen molar-refractivity contribution in [1.29, 1.82) is 0 Å². The maximum Gasteiger partial charge on any atom is 0.220 e. The Morgan fingerprint density at radius 3 is 2.18 bits per heavy atom. The molecule has 0 spiro atoms. The van der Waals surface area contributed by atoms with Gasteiger partial charge in [-0.15, -0.1) is 0 Å². The first kappa shape index (κ1) is 13.4. The normalized spacial score (nSPS) is 12.2. The van der Waals surface area contributed by atoms with E-state index in [2.05, 4.69) is 0 Å². The average molecular weight is 244 g/mol. The fraction of sp³-hybridized carbons (Fsp3) is 0.333. The summed E-state index contributed by atoms with van der Waals surface area (Å²) in [7, 11) is 0. The zero-order chi connectivity index (χ0) is 13.0. The third kappa shape index (κ3) is 3.41. The Kier molecular flexibility index (Phi) is 4.43. The SMILES string of the molecule is CCCC(=O)C(F)C(=O)c1cc(F)cc(F)c1. The van der Waals surface area contributed by atoms with Gasteiger partial charge < -0.3 is 0 Å². The van der Waals surface area contributed by atoms with Gasteiger partial charge in [0.2, 0.25) is 12.0 Å². The quantitative estimate of drug-likeness (QED) is 0.589. The lowest BCUT2D eigenvalue weighted by molar-refractivity contribution is -0.122. The number of rotatable bonds is 5. The number of hydrogen-bond acceptors (Lipinski definition) is 2. The number of Topliss-reactive ketones (excluding diaryl/α,β-unsaturated/α-hetero) is 2. The van der Waals surface area contributed by atoms with Gasteiger partial charge in [0.1, 0.15) is 11.6 Å². The molecule has 1 aromatic rings. The summed E-state index contributed by atoms with van der Waals surface area (Å²) in [5.74, 6) is -4.05. The lowest BCUT2D eigenvalue weighted by Gasteiger charge is -2.06. The van der Waals surface area contributed by atoms with Gasteiger partial charge in [-0.05, 0) is 18.6 Å². The Labute approximate surface area is 96.4 Å². The summed E-state index contributed by atoms with van der Waals surface area (Å²) < 4.78 is 39.0. The second-order valence-electron chi connectivity index (χ2n) is 3.60. The van der Waals surface area contributed by atoms with Crippen molar-refractivity contribution in [2.75, 3.05) is 0 Å². The van der Waals surface area contributed by atoms with Crippen molar-refractivity contribution >= 4 is 11.6 Å². The van der Waals surface area contributed by atoms with E-state index in [1.165, 1.54) is 0 Å². The molecule has 0 amide bonds. The molecule has 92 valence electrons. The summed E-state index contributed by atoms with van der Waals surface area (Å²) in [5.41, 5.74) is -0.473. The minimum absolute atomic E-state index is 0.0787. The highest BCUT2D eigenvalue weighted by Gasteiger charge is 2.26. The third-order valence-electron chi connectivity index (χ3n) is 2.16. The Morgan fingerprint density at radius 2 is 1.71 bits per heavy atom. The van der Waals surface area contributed by atoms with Crippen LogP contribution in [0, 0.1) is 11.6 Å². The van der Waals surface area contributed by atoms with Gasteiger partial charge in [0.25, 0.3) is 0 Å². The van der Waals surface area contributed by atoms with Crippen molar-refractivity contribution in [1.82, 2.24) is 0 Å². The average Bonchev–Trinajstić information content (AvgIpc) is 2.26. The van der Waals surface area contributed by atoms with Crippen LogP contribution in [-0.2, 0) is 4.79 Å². The molecule has 1 aromatic carbocycles. The molecule has 0 radical (unpaired) electrons. The molecule has 0 N–H and O–H groups in total. The van der Waals surface area contributed by atoms with Crippen LogP contribution in [0.2, 0.25) is 0 Å². The number of benzene rings is 1. The number of carbonyl (C=O) groups excluding carboxylic acids is 2. The van der Waals surface area contributed by atoms with Crippen molar-refractivity contribution in [3.8, 4) is 0 Å². The highest BCUT2D eigenvalue weighted by atomic mass is 19.1. The largest absolute Gasteiger partial charge is 0.296 e. The molecule has 0 heterocycles. The van der Waals surface area contributed by atoms with Gasteiger partial charge in [0.15, 0.2) is 5.78 Å². The number of carbonyl (C=O) groups is 2. The Bertz CT molecular complexity index is 423. The van der Waals surface area contributed by atoms with Gasteiger partial charge >= 0.3 is 0 Å². The van der Waals surface area contributed by atoms with Gasteiger partial charge in [0.05, 0.1) is 0 Å². The molecule has 0 aliphatic rings. The van der Waals surface area contributed by atoms with Gasteiger partial charge in [0, 0.05) is 18.1 Å². The fourth-order valence-electron chi connectivity index (χ4n) is 1.36. The van der Waals surface area contributed by atoms with Crippen LogP contribution in [0.25, 0.3) is 0 Å². The highest BCUT2D eigenvalue weighted by Crippen LogP contribution is 2.13. The van der Waals surface area contributed by atoms with E-state index in [4.69, 9.17) is 0 Å². The van der Waals surface area contributed by atoms with E-state index in [9.17, 15) is 22.8 Å².